The van der Waals surface area contributed by atoms with Crippen molar-refractivity contribution in [3.8, 4) is 11.5 Å². The van der Waals surface area contributed by atoms with Crippen molar-refractivity contribution >= 4 is 56.8 Å². The summed E-state index contributed by atoms with van der Waals surface area (Å²) in [6.07, 6.45) is 3.26. The molecule has 9 heteroatoms. The van der Waals surface area contributed by atoms with Gasteiger partial charge in [0.1, 0.15) is 4.88 Å². The van der Waals surface area contributed by atoms with Crippen LogP contribution in [0.1, 0.15) is 15.2 Å². The van der Waals surface area contributed by atoms with E-state index in [1.54, 1.807) is 36.6 Å². The van der Waals surface area contributed by atoms with Gasteiger partial charge in [0.2, 0.25) is 0 Å². The van der Waals surface area contributed by atoms with E-state index in [1.165, 1.54) is 18.4 Å². The molecule has 2 N–H and O–H groups in total. The van der Waals surface area contributed by atoms with Crippen molar-refractivity contribution < 1.29 is 14.3 Å². The molecule has 1 heterocycles. The Morgan fingerprint density at radius 3 is 2.96 bits per heavy atom. The van der Waals surface area contributed by atoms with Crippen LogP contribution in [-0.2, 0) is 0 Å². The van der Waals surface area contributed by atoms with E-state index in [4.69, 9.17) is 21.7 Å². The Labute approximate surface area is 169 Å². The van der Waals surface area contributed by atoms with Crippen LogP contribution in [0.15, 0.2) is 51.9 Å². The van der Waals surface area contributed by atoms with Crippen LogP contribution >= 0.6 is 39.5 Å². The fourth-order valence-electron chi connectivity index (χ4n) is 1.82. The molecule has 26 heavy (non-hydrogen) atoms. The van der Waals surface area contributed by atoms with Gasteiger partial charge in [0, 0.05) is 6.54 Å². The quantitative estimate of drug-likeness (QED) is 0.166. The van der Waals surface area contributed by atoms with Gasteiger partial charge in [-0.15, -0.1) is 17.9 Å². The molecule has 0 aliphatic rings. The Kier molecular flexibility index (Phi) is 7.76. The standard InChI is InChI=1S/C17H16BrN3O3S2/c1-3-6-19-17(25)21-20-10-11-8-12(18)15(13(9-11)23-2)24-16(22)14-5-4-7-26-14/h3-5,7-10H,1,6H2,2H3,(H2,19,21,25)/b20-10-. The van der Waals surface area contributed by atoms with Crippen LogP contribution in [-0.4, -0.2) is 31.0 Å². The summed E-state index contributed by atoms with van der Waals surface area (Å²) < 4.78 is 11.3. The zero-order valence-electron chi connectivity index (χ0n) is 13.8. The summed E-state index contributed by atoms with van der Waals surface area (Å²) in [5, 5.41) is 9.13. The molecule has 2 rings (SSSR count). The maximum absolute atomic E-state index is 12.2. The van der Waals surface area contributed by atoms with Gasteiger partial charge in [-0.2, -0.15) is 5.10 Å². The minimum atomic E-state index is -0.444. The normalized spacial score (nSPS) is 10.4. The lowest BCUT2D eigenvalue weighted by Crippen LogP contribution is -2.31. The molecule has 0 spiro atoms. The highest BCUT2D eigenvalue weighted by atomic mass is 79.9. The van der Waals surface area contributed by atoms with E-state index in [0.29, 0.717) is 32.5 Å². The van der Waals surface area contributed by atoms with Crippen molar-refractivity contribution in [3.05, 3.63) is 57.2 Å². The number of ether oxygens (including phenoxy) is 2. The topological polar surface area (TPSA) is 72.0 Å². The summed E-state index contributed by atoms with van der Waals surface area (Å²) in [7, 11) is 1.50. The van der Waals surface area contributed by atoms with Gasteiger partial charge < -0.3 is 14.8 Å². The SMILES string of the molecule is C=CCNC(=S)N/N=C\c1cc(Br)c(OC(=O)c2cccs2)c(OC)c1. The Morgan fingerprint density at radius 2 is 2.31 bits per heavy atom. The molecular weight excluding hydrogens is 438 g/mol. The second-order valence-corrected chi connectivity index (χ2v) is 6.98. The highest BCUT2D eigenvalue weighted by Crippen LogP contribution is 2.37. The highest BCUT2D eigenvalue weighted by Gasteiger charge is 2.17. The minimum absolute atomic E-state index is 0.305. The van der Waals surface area contributed by atoms with E-state index in [2.05, 4.69) is 38.4 Å². The molecule has 0 saturated carbocycles. The third-order valence-electron chi connectivity index (χ3n) is 2.96. The molecule has 6 nitrogen and oxygen atoms in total. The van der Waals surface area contributed by atoms with Crippen molar-refractivity contribution in [3.63, 3.8) is 0 Å². The molecule has 2 aromatic rings. The zero-order valence-corrected chi connectivity index (χ0v) is 17.0. The second-order valence-electron chi connectivity index (χ2n) is 4.77. The zero-order chi connectivity index (χ0) is 18.9. The third kappa shape index (κ3) is 5.65. The lowest BCUT2D eigenvalue weighted by atomic mass is 10.2. The van der Waals surface area contributed by atoms with Crippen LogP contribution in [0.2, 0.25) is 0 Å². The van der Waals surface area contributed by atoms with Gasteiger partial charge in [0.25, 0.3) is 0 Å². The predicted octanol–water partition coefficient (Wildman–Crippen LogP) is 3.72. The molecule has 0 amide bonds. The van der Waals surface area contributed by atoms with E-state index in [9.17, 15) is 4.79 Å². The Morgan fingerprint density at radius 1 is 1.50 bits per heavy atom. The van der Waals surface area contributed by atoms with Gasteiger partial charge in [-0.3, -0.25) is 5.43 Å². The first-order valence-electron chi connectivity index (χ1n) is 7.36. The van der Waals surface area contributed by atoms with Gasteiger partial charge in [-0.05, 0) is 57.3 Å². The Hall–Kier alpha value is -2.23. The average Bonchev–Trinajstić information content (AvgIpc) is 3.16. The number of benzene rings is 1. The van der Waals surface area contributed by atoms with Crippen molar-refractivity contribution in [1.82, 2.24) is 10.7 Å². The summed E-state index contributed by atoms with van der Waals surface area (Å²) in [6, 6.07) is 6.94. The maximum Gasteiger partial charge on any atom is 0.353 e. The van der Waals surface area contributed by atoms with E-state index < -0.39 is 5.97 Å². The summed E-state index contributed by atoms with van der Waals surface area (Å²) in [5.41, 5.74) is 3.42. The van der Waals surface area contributed by atoms with Gasteiger partial charge in [-0.1, -0.05) is 12.1 Å². The number of hydrazone groups is 1. The Balaban J connectivity index is 2.12. The van der Waals surface area contributed by atoms with Crippen molar-refractivity contribution in [2.45, 2.75) is 0 Å². The first kappa shape index (κ1) is 20.1. The molecule has 0 atom stereocenters. The van der Waals surface area contributed by atoms with Gasteiger partial charge in [0.15, 0.2) is 16.6 Å². The van der Waals surface area contributed by atoms with Crippen LogP contribution in [0.25, 0.3) is 0 Å². The number of carbonyl (C=O) groups is 1. The molecule has 136 valence electrons. The molecule has 0 radical (unpaired) electrons. The number of carbonyl (C=O) groups excluding carboxylic acids is 1. The van der Waals surface area contributed by atoms with Crippen LogP contribution in [0.5, 0.6) is 11.5 Å². The number of thiophene rings is 1. The summed E-state index contributed by atoms with van der Waals surface area (Å²) >= 11 is 9.75. The largest absolute Gasteiger partial charge is 0.493 e. The van der Waals surface area contributed by atoms with Crippen LogP contribution in [0.3, 0.4) is 0 Å². The van der Waals surface area contributed by atoms with Crippen LogP contribution in [0, 0.1) is 0 Å². The van der Waals surface area contributed by atoms with Gasteiger partial charge >= 0.3 is 5.97 Å². The third-order valence-corrected chi connectivity index (χ3v) is 4.63. The minimum Gasteiger partial charge on any atom is -0.493 e. The van der Waals surface area contributed by atoms with Crippen molar-refractivity contribution in [2.75, 3.05) is 13.7 Å². The number of halogens is 1. The van der Waals surface area contributed by atoms with E-state index >= 15 is 0 Å². The molecule has 1 aromatic heterocycles. The molecule has 0 aliphatic heterocycles. The summed E-state index contributed by atoms with van der Waals surface area (Å²) in [4.78, 5) is 12.7. The molecule has 0 aliphatic carbocycles. The monoisotopic (exact) mass is 453 g/mol. The van der Waals surface area contributed by atoms with Crippen LogP contribution < -0.4 is 20.2 Å². The predicted molar refractivity (Wildman–Crippen MR) is 111 cm³/mol. The maximum atomic E-state index is 12.2. The lowest BCUT2D eigenvalue weighted by molar-refractivity contribution is 0.0733. The number of methoxy groups -OCH3 is 1. The number of hydrogen-bond acceptors (Lipinski definition) is 6. The second kappa shape index (κ2) is 10.0. The summed E-state index contributed by atoms with van der Waals surface area (Å²) in [5.74, 6) is 0.262. The number of rotatable bonds is 7. The molecular formula is C17H16BrN3O3S2. The fourth-order valence-corrected chi connectivity index (χ4v) is 3.10. The van der Waals surface area contributed by atoms with E-state index in [1.807, 2.05) is 5.38 Å². The highest BCUT2D eigenvalue weighted by molar-refractivity contribution is 9.10. The Bertz CT molecular complexity index is 823. The average molecular weight is 454 g/mol. The molecule has 0 fully saturated rings. The first-order valence-corrected chi connectivity index (χ1v) is 9.44. The number of esters is 1. The molecule has 1 aromatic carbocycles. The van der Waals surface area contributed by atoms with E-state index in [0.717, 1.165) is 5.56 Å². The molecule has 0 saturated heterocycles. The van der Waals surface area contributed by atoms with Crippen LogP contribution in [0.4, 0.5) is 0 Å². The number of thiocarbonyl (C=S) groups is 1. The molecule has 0 bridgehead atoms. The van der Waals surface area contributed by atoms with Gasteiger partial charge in [-0.25, -0.2) is 4.79 Å². The van der Waals surface area contributed by atoms with E-state index in [-0.39, 0.29) is 0 Å². The number of nitrogens with one attached hydrogen (secondary N) is 2. The fraction of sp³-hybridized carbons (Fsp3) is 0.118. The van der Waals surface area contributed by atoms with Crippen molar-refractivity contribution in [2.24, 2.45) is 5.10 Å². The van der Waals surface area contributed by atoms with Crippen molar-refractivity contribution in [1.29, 1.82) is 0 Å². The number of nitrogens with zero attached hydrogens (tertiary/aromatic N) is 1. The smallest absolute Gasteiger partial charge is 0.353 e. The molecule has 0 unspecified atom stereocenters. The van der Waals surface area contributed by atoms with Gasteiger partial charge in [0.05, 0.1) is 17.8 Å². The lowest BCUT2D eigenvalue weighted by Gasteiger charge is -2.11. The first-order chi connectivity index (χ1) is 12.5. The summed E-state index contributed by atoms with van der Waals surface area (Å²) in [6.45, 7) is 4.14. The number of hydrogen-bond donors (Lipinski definition) is 2.